The van der Waals surface area contributed by atoms with E-state index in [2.05, 4.69) is 0 Å². The topological polar surface area (TPSA) is 74.6 Å². The van der Waals surface area contributed by atoms with Crippen LogP contribution in [0.15, 0.2) is 0 Å². The van der Waals surface area contributed by atoms with Crippen LogP contribution in [-0.4, -0.2) is 52.1 Å². The average molecular weight is 426 g/mol. The third-order valence-corrected chi connectivity index (χ3v) is 0. The average Bonchev–Trinajstić information content (AvgIpc) is 0.722. The van der Waals surface area contributed by atoms with Crippen LogP contribution in [0.2, 0.25) is 0 Å². The first-order valence-corrected chi connectivity index (χ1v) is 4.69. The number of halogens is 1. The van der Waals surface area contributed by atoms with E-state index < -0.39 is 19.0 Å². The third-order valence-electron chi connectivity index (χ3n) is 0. The van der Waals surface area contributed by atoms with Crippen molar-refractivity contribution in [2.45, 2.75) is 0 Å². The van der Waals surface area contributed by atoms with E-state index in [0.717, 1.165) is 0 Å². The van der Waals surface area contributed by atoms with Gasteiger partial charge in [0.05, 0.1) is 0 Å². The molecule has 0 bridgehead atoms. The van der Waals surface area contributed by atoms with E-state index in [9.17, 15) is 0 Å². The molecular weight excluding hydrogens is 420 g/mol. The van der Waals surface area contributed by atoms with Gasteiger partial charge in [-0.05, 0) is 0 Å². The van der Waals surface area contributed by atoms with Gasteiger partial charge >= 0.3 is 58.3 Å². The summed E-state index contributed by atoms with van der Waals surface area (Å²) < 4.78 is 32.0. The molecule has 2 N–H and O–H groups in total. The van der Waals surface area contributed by atoms with Gasteiger partial charge in [0.15, 0.2) is 0 Å². The normalized spacial score (nSPS) is 8.29. The Balaban J connectivity index is -0.0000000800. The third kappa shape index (κ3) is 148. The SMILES string of the molecule is F.O=[Te](=O)(O)O.[BiH3]. The maximum atomic E-state index is 8.85. The van der Waals surface area contributed by atoms with Crippen LogP contribution < -0.4 is 0 Å². The summed E-state index contributed by atoms with van der Waals surface area (Å²) >= 11 is -5.52. The van der Waals surface area contributed by atoms with Gasteiger partial charge in [0.1, 0.15) is 0 Å². The van der Waals surface area contributed by atoms with Gasteiger partial charge in [-0.2, -0.15) is 0 Å². The first kappa shape index (κ1) is 15.7. The molecule has 0 aromatic carbocycles. The van der Waals surface area contributed by atoms with Crippen LogP contribution in [0, 0.1) is 0 Å². The molecule has 7 heteroatoms. The van der Waals surface area contributed by atoms with Crippen molar-refractivity contribution in [2.75, 3.05) is 0 Å². The van der Waals surface area contributed by atoms with Crippen molar-refractivity contribution in [3.05, 3.63) is 0 Å². The van der Waals surface area contributed by atoms with E-state index in [1.807, 2.05) is 0 Å². The minimum atomic E-state index is -5.52. The van der Waals surface area contributed by atoms with Crippen molar-refractivity contribution >= 4 is 45.2 Å². The van der Waals surface area contributed by atoms with Crippen LogP contribution >= 0.6 is 0 Å². The van der Waals surface area contributed by atoms with Crippen molar-refractivity contribution in [3.8, 4) is 0 Å². The Labute approximate surface area is 62.7 Å². The quantitative estimate of drug-likeness (QED) is 0.413. The standard InChI is InChI=1S/Bi.FH.H2O4Te.3H/c;;1-5(2,3)4;;;/h;1H;(H2,1,2,3,4);;;. The minimum absolute atomic E-state index is 0. The molecule has 0 saturated heterocycles. The monoisotopic (exact) mass is 428 g/mol. The van der Waals surface area contributed by atoms with Crippen LogP contribution in [0.3, 0.4) is 0 Å². The molecule has 48 valence electrons. The summed E-state index contributed by atoms with van der Waals surface area (Å²) in [6.45, 7) is 0. The van der Waals surface area contributed by atoms with E-state index in [1.165, 1.54) is 0 Å². The van der Waals surface area contributed by atoms with Gasteiger partial charge in [0.2, 0.25) is 0 Å². The second-order valence-corrected chi connectivity index (χ2v) is 3.00. The summed E-state index contributed by atoms with van der Waals surface area (Å²) in [7, 11) is 0. The molecule has 0 aromatic rings. The van der Waals surface area contributed by atoms with Crippen LogP contribution in [0.5, 0.6) is 0 Å². The zero-order valence-corrected chi connectivity index (χ0v) is 11.1. The Hall–Kier alpha value is 1.12. The van der Waals surface area contributed by atoms with E-state index in [1.54, 1.807) is 0 Å². The van der Waals surface area contributed by atoms with Crippen molar-refractivity contribution in [1.82, 2.24) is 0 Å². The summed E-state index contributed by atoms with van der Waals surface area (Å²) in [4.78, 5) is 0. The number of hydrogen-bond donors (Lipinski definition) is 2. The molecule has 0 heterocycles. The predicted octanol–water partition coefficient (Wildman–Crippen LogP) is -2.76. The summed E-state index contributed by atoms with van der Waals surface area (Å²) in [6.07, 6.45) is 0. The summed E-state index contributed by atoms with van der Waals surface area (Å²) in [5.74, 6) is 0. The molecule has 0 fully saturated rings. The van der Waals surface area contributed by atoms with E-state index >= 15 is 0 Å². The van der Waals surface area contributed by atoms with E-state index in [0.29, 0.717) is 0 Å². The molecule has 7 heavy (non-hydrogen) atoms. The zero-order valence-electron chi connectivity index (χ0n) is 3.23. The van der Waals surface area contributed by atoms with Gasteiger partial charge in [-0.15, -0.1) is 0 Å². The van der Waals surface area contributed by atoms with Crippen molar-refractivity contribution < 1.29 is 17.9 Å². The summed E-state index contributed by atoms with van der Waals surface area (Å²) in [6, 6.07) is 0. The van der Waals surface area contributed by atoms with Crippen molar-refractivity contribution in [3.63, 3.8) is 0 Å². The molecule has 0 unspecified atom stereocenters. The Morgan fingerprint density at radius 3 is 1.14 bits per heavy atom. The van der Waals surface area contributed by atoms with Gasteiger partial charge < -0.3 is 0 Å². The molecular formula is H6BiFO4Te. The van der Waals surface area contributed by atoms with E-state index in [4.69, 9.17) is 13.2 Å². The Bertz CT molecular complexity index is 94.9. The first-order valence-electron chi connectivity index (χ1n) is 0.698. The summed E-state index contributed by atoms with van der Waals surface area (Å²) in [5.41, 5.74) is 0. The first-order chi connectivity index (χ1) is 2.00. The molecule has 4 nitrogen and oxygen atoms in total. The Morgan fingerprint density at radius 2 is 1.14 bits per heavy atom. The maximum absolute atomic E-state index is 8.85. The molecule has 0 radical (unpaired) electrons. The summed E-state index contributed by atoms with van der Waals surface area (Å²) in [5, 5.41) is 0. The molecule has 0 amide bonds. The fourth-order valence-corrected chi connectivity index (χ4v) is 0. The predicted molar refractivity (Wildman–Crippen MR) is 24.0 cm³/mol. The molecule has 0 spiro atoms. The van der Waals surface area contributed by atoms with Crippen molar-refractivity contribution in [2.24, 2.45) is 0 Å². The van der Waals surface area contributed by atoms with Gasteiger partial charge in [0, 0.05) is 0 Å². The van der Waals surface area contributed by atoms with Gasteiger partial charge in [-0.1, -0.05) is 0 Å². The van der Waals surface area contributed by atoms with Gasteiger partial charge in [-0.3, -0.25) is 4.70 Å². The molecule has 0 saturated carbocycles. The van der Waals surface area contributed by atoms with Gasteiger partial charge in [-0.25, -0.2) is 0 Å². The Kier molecular flexibility index (Phi) is 11.8. The molecule has 0 aromatic heterocycles. The number of rotatable bonds is 0. The Morgan fingerprint density at radius 1 is 1.14 bits per heavy atom. The zero-order chi connectivity index (χ0) is 4.50. The van der Waals surface area contributed by atoms with Crippen LogP contribution in [0.25, 0.3) is 0 Å². The second-order valence-electron chi connectivity index (χ2n) is 0.448. The molecule has 0 atom stereocenters. The molecule has 0 aliphatic carbocycles. The molecule has 0 aliphatic rings. The number of hydrogen-bond acceptors (Lipinski definition) is 2. The van der Waals surface area contributed by atoms with Crippen molar-refractivity contribution in [1.29, 1.82) is 0 Å². The van der Waals surface area contributed by atoms with Crippen LogP contribution in [0.1, 0.15) is 0 Å². The fraction of sp³-hybridized carbons (Fsp3) is 0. The molecule has 0 aliphatic heterocycles. The van der Waals surface area contributed by atoms with Gasteiger partial charge in [0.25, 0.3) is 0 Å². The van der Waals surface area contributed by atoms with E-state index in [-0.39, 0.29) is 30.9 Å². The van der Waals surface area contributed by atoms with Crippen LogP contribution in [0.4, 0.5) is 4.70 Å². The van der Waals surface area contributed by atoms with Crippen LogP contribution in [-0.2, 0) is 6.21 Å². The molecule has 0 rings (SSSR count). The fourth-order valence-electron chi connectivity index (χ4n) is 0. The second kappa shape index (κ2) is 5.26.